The first-order valence-electron chi connectivity index (χ1n) is 11.8. The van der Waals surface area contributed by atoms with Crippen LogP contribution in [-0.2, 0) is 4.79 Å². The van der Waals surface area contributed by atoms with Gasteiger partial charge in [-0.2, -0.15) is 0 Å². The summed E-state index contributed by atoms with van der Waals surface area (Å²) in [7, 11) is 1.66. The quantitative estimate of drug-likeness (QED) is 0.609. The molecule has 174 valence electrons. The Morgan fingerprint density at radius 2 is 1.97 bits per heavy atom. The van der Waals surface area contributed by atoms with Crippen molar-refractivity contribution in [2.45, 2.75) is 31.7 Å². The second-order valence-electron chi connectivity index (χ2n) is 8.94. The van der Waals surface area contributed by atoms with E-state index in [0.29, 0.717) is 30.8 Å². The van der Waals surface area contributed by atoms with Gasteiger partial charge in [0.05, 0.1) is 25.0 Å². The smallest absolute Gasteiger partial charge is 0.237 e. The molecule has 8 nitrogen and oxygen atoms in total. The number of carbonyl (C=O) groups excluding carboxylic acids is 1. The summed E-state index contributed by atoms with van der Waals surface area (Å²) in [5.41, 5.74) is 4.71. The molecule has 0 radical (unpaired) electrons. The number of hydrogen-bond donors (Lipinski definition) is 1. The second kappa shape index (κ2) is 8.52. The van der Waals surface area contributed by atoms with Crippen LogP contribution in [-0.4, -0.2) is 48.7 Å². The normalized spacial score (nSPS) is 19.0. The third-order valence-electron chi connectivity index (χ3n) is 6.85. The predicted molar refractivity (Wildman–Crippen MR) is 131 cm³/mol. The van der Waals surface area contributed by atoms with E-state index in [1.54, 1.807) is 13.3 Å². The number of fused-ring (bicyclic) bond motifs is 3. The molecule has 2 fully saturated rings. The van der Waals surface area contributed by atoms with E-state index in [0.717, 1.165) is 59.9 Å². The fraction of sp³-hybridized carbons (Fsp3) is 0.346. The largest absolute Gasteiger partial charge is 0.496 e. The van der Waals surface area contributed by atoms with Gasteiger partial charge < -0.3 is 24.6 Å². The molecule has 3 aliphatic heterocycles. The van der Waals surface area contributed by atoms with Crippen molar-refractivity contribution < 1.29 is 14.3 Å². The molecule has 0 saturated carbocycles. The highest BCUT2D eigenvalue weighted by atomic mass is 16.5. The van der Waals surface area contributed by atoms with Crippen LogP contribution in [0.3, 0.4) is 0 Å². The molecule has 1 N–H and O–H groups in total. The summed E-state index contributed by atoms with van der Waals surface area (Å²) in [6.45, 7) is 2.53. The number of carbonyl (C=O) groups is 1. The van der Waals surface area contributed by atoms with Gasteiger partial charge in [-0.25, -0.2) is 9.97 Å². The zero-order chi connectivity index (χ0) is 23.1. The van der Waals surface area contributed by atoms with Gasteiger partial charge in [0, 0.05) is 43.0 Å². The van der Waals surface area contributed by atoms with Gasteiger partial charge in [-0.1, -0.05) is 12.1 Å². The van der Waals surface area contributed by atoms with E-state index in [9.17, 15) is 4.79 Å². The number of ether oxygens (including phenoxy) is 2. The number of benzene rings is 1. The molecule has 3 aromatic rings. The average molecular weight is 458 g/mol. The monoisotopic (exact) mass is 457 g/mol. The molecule has 0 unspecified atom stereocenters. The molecule has 5 heterocycles. The van der Waals surface area contributed by atoms with Gasteiger partial charge >= 0.3 is 0 Å². The molecule has 6 rings (SSSR count). The first-order valence-corrected chi connectivity index (χ1v) is 11.8. The molecule has 1 atom stereocenters. The van der Waals surface area contributed by atoms with Gasteiger partial charge in [0.1, 0.15) is 23.9 Å². The Morgan fingerprint density at radius 1 is 1.09 bits per heavy atom. The molecular weight excluding hydrogens is 430 g/mol. The lowest BCUT2D eigenvalue weighted by molar-refractivity contribution is -0.117. The Bertz CT molecular complexity index is 1230. The Balaban J connectivity index is 1.23. The van der Waals surface area contributed by atoms with Crippen LogP contribution >= 0.6 is 0 Å². The number of aromatic nitrogens is 2. The molecule has 3 aliphatic rings. The van der Waals surface area contributed by atoms with Crippen molar-refractivity contribution in [3.05, 3.63) is 48.8 Å². The molecule has 0 spiro atoms. The van der Waals surface area contributed by atoms with Gasteiger partial charge in [-0.15, -0.1) is 0 Å². The van der Waals surface area contributed by atoms with Gasteiger partial charge in [-0.05, 0) is 43.0 Å². The maximum absolute atomic E-state index is 12.0. The highest BCUT2D eigenvalue weighted by molar-refractivity contribution is 5.95. The van der Waals surface area contributed by atoms with Crippen LogP contribution in [0.15, 0.2) is 48.8 Å². The summed E-state index contributed by atoms with van der Waals surface area (Å²) in [4.78, 5) is 25.4. The summed E-state index contributed by atoms with van der Waals surface area (Å²) in [6, 6.07) is 12.4. The van der Waals surface area contributed by atoms with E-state index < -0.39 is 0 Å². The van der Waals surface area contributed by atoms with E-state index in [1.165, 1.54) is 6.42 Å². The first kappa shape index (κ1) is 20.8. The van der Waals surface area contributed by atoms with Crippen molar-refractivity contribution in [1.29, 1.82) is 0 Å². The van der Waals surface area contributed by atoms with Crippen molar-refractivity contribution in [2.75, 3.05) is 41.9 Å². The highest BCUT2D eigenvalue weighted by Crippen LogP contribution is 2.39. The highest BCUT2D eigenvalue weighted by Gasteiger charge is 2.32. The van der Waals surface area contributed by atoms with Crippen LogP contribution in [0.1, 0.15) is 25.7 Å². The van der Waals surface area contributed by atoms with E-state index in [1.807, 2.05) is 41.4 Å². The van der Waals surface area contributed by atoms with Crippen LogP contribution in [0.25, 0.3) is 11.1 Å². The van der Waals surface area contributed by atoms with Crippen molar-refractivity contribution in [1.82, 2.24) is 9.97 Å². The molecule has 2 saturated heterocycles. The van der Waals surface area contributed by atoms with Crippen LogP contribution in [0, 0.1) is 0 Å². The van der Waals surface area contributed by atoms with Crippen molar-refractivity contribution in [3.8, 4) is 22.8 Å². The molecule has 1 aromatic carbocycles. The predicted octanol–water partition coefficient (Wildman–Crippen LogP) is 4.38. The summed E-state index contributed by atoms with van der Waals surface area (Å²) in [5.74, 6) is 2.28. The standard InChI is InChI=1S/C26H27N5O3/c1-33-23-13-24(29-18-12-22-26(28-14-18)34-16-20-4-2-10-30(20)22)27-15-21(23)17-6-8-19(9-7-17)31-11-3-5-25(31)32/h6-9,12-15,20H,2-5,10-11,16H2,1H3,(H,27,29)/t20-/m0/s1. The third-order valence-corrected chi connectivity index (χ3v) is 6.85. The molecule has 0 bridgehead atoms. The lowest BCUT2D eigenvalue weighted by atomic mass is 10.1. The molecule has 2 aromatic heterocycles. The second-order valence-corrected chi connectivity index (χ2v) is 8.94. The molecule has 34 heavy (non-hydrogen) atoms. The van der Waals surface area contributed by atoms with Crippen molar-refractivity contribution in [3.63, 3.8) is 0 Å². The number of pyridine rings is 2. The van der Waals surface area contributed by atoms with Gasteiger partial charge in [-0.3, -0.25) is 4.79 Å². The van der Waals surface area contributed by atoms with Crippen LogP contribution in [0.5, 0.6) is 11.6 Å². The Labute approximate surface area is 198 Å². The lowest BCUT2D eigenvalue weighted by Crippen LogP contribution is -2.38. The summed E-state index contributed by atoms with van der Waals surface area (Å²) in [6.07, 6.45) is 7.46. The van der Waals surface area contributed by atoms with E-state index >= 15 is 0 Å². The SMILES string of the molecule is COc1cc(Nc2cnc3c(c2)N2CCC[C@H]2CO3)ncc1-c1ccc(N2CCCC2=O)cc1. The Hall–Kier alpha value is -3.81. The minimum absolute atomic E-state index is 0.186. The van der Waals surface area contributed by atoms with E-state index in [2.05, 4.69) is 26.3 Å². The number of rotatable bonds is 5. The number of nitrogens with zero attached hydrogens (tertiary/aromatic N) is 4. The van der Waals surface area contributed by atoms with Gasteiger partial charge in [0.25, 0.3) is 0 Å². The number of amides is 1. The minimum atomic E-state index is 0.186. The molecule has 0 aliphatic carbocycles. The zero-order valence-corrected chi connectivity index (χ0v) is 19.2. The van der Waals surface area contributed by atoms with Gasteiger partial charge in [0.2, 0.25) is 11.8 Å². The molecule has 8 heteroatoms. The lowest BCUT2D eigenvalue weighted by Gasteiger charge is -2.32. The third kappa shape index (κ3) is 3.69. The molecule has 1 amide bonds. The van der Waals surface area contributed by atoms with E-state index in [4.69, 9.17) is 9.47 Å². The summed E-state index contributed by atoms with van der Waals surface area (Å²) < 4.78 is 11.5. The number of nitrogens with one attached hydrogen (secondary N) is 1. The van der Waals surface area contributed by atoms with Crippen LogP contribution in [0.4, 0.5) is 22.9 Å². The van der Waals surface area contributed by atoms with Gasteiger partial charge in [0.15, 0.2) is 0 Å². The Kier molecular flexibility index (Phi) is 5.20. The van der Waals surface area contributed by atoms with Crippen molar-refractivity contribution in [2.24, 2.45) is 0 Å². The topological polar surface area (TPSA) is 79.8 Å². The summed E-state index contributed by atoms with van der Waals surface area (Å²) >= 11 is 0. The fourth-order valence-electron chi connectivity index (χ4n) is 5.11. The van der Waals surface area contributed by atoms with E-state index in [-0.39, 0.29) is 5.91 Å². The Morgan fingerprint density at radius 3 is 2.76 bits per heavy atom. The average Bonchev–Trinajstić information content (AvgIpc) is 3.53. The zero-order valence-electron chi connectivity index (χ0n) is 19.2. The van der Waals surface area contributed by atoms with Crippen molar-refractivity contribution >= 4 is 28.8 Å². The van der Waals surface area contributed by atoms with Crippen LogP contribution in [0.2, 0.25) is 0 Å². The molecular formula is C26H27N5O3. The fourth-order valence-corrected chi connectivity index (χ4v) is 5.11. The summed E-state index contributed by atoms with van der Waals surface area (Å²) in [5, 5.41) is 3.36. The maximum Gasteiger partial charge on any atom is 0.237 e. The van der Waals surface area contributed by atoms with Crippen LogP contribution < -0.4 is 24.6 Å². The first-order chi connectivity index (χ1) is 16.7. The maximum atomic E-state index is 12.0. The number of anilines is 4. The number of methoxy groups -OCH3 is 1. The number of hydrogen-bond acceptors (Lipinski definition) is 7. The minimum Gasteiger partial charge on any atom is -0.496 e.